The summed E-state index contributed by atoms with van der Waals surface area (Å²) in [5.74, 6) is 2.81. The molecule has 2 fully saturated rings. The molecular weight excluding hydrogens is 312 g/mol. The number of ether oxygens (including phenoxy) is 1. The number of aliphatic imine (C=N–C) groups is 1. The number of rotatable bonds is 6. The van der Waals surface area contributed by atoms with Gasteiger partial charge in [-0.2, -0.15) is 0 Å². The minimum Gasteiger partial charge on any atom is -0.383 e. The minimum absolute atomic E-state index is 0.720. The number of fused-ring (bicyclic) bond motifs is 1. The molecule has 138 valence electrons. The summed E-state index contributed by atoms with van der Waals surface area (Å²) in [6.07, 6.45) is 5.61. The first-order valence-corrected chi connectivity index (χ1v) is 9.57. The van der Waals surface area contributed by atoms with Crippen LogP contribution in [-0.2, 0) is 11.3 Å². The van der Waals surface area contributed by atoms with Gasteiger partial charge >= 0.3 is 0 Å². The van der Waals surface area contributed by atoms with Gasteiger partial charge in [0.15, 0.2) is 5.96 Å². The number of anilines is 1. The molecule has 0 amide bonds. The van der Waals surface area contributed by atoms with Crippen molar-refractivity contribution in [3.05, 3.63) is 29.8 Å². The molecule has 3 rings (SSSR count). The summed E-state index contributed by atoms with van der Waals surface area (Å²) in [7, 11) is 3.62. The maximum atomic E-state index is 5.06. The molecule has 0 bridgehead atoms. The lowest BCUT2D eigenvalue weighted by molar-refractivity contribution is 0.211. The van der Waals surface area contributed by atoms with Crippen LogP contribution in [0.1, 0.15) is 31.2 Å². The second-order valence-electron chi connectivity index (χ2n) is 7.23. The van der Waals surface area contributed by atoms with Crippen LogP contribution >= 0.6 is 0 Å². The molecule has 25 heavy (non-hydrogen) atoms. The Labute approximate surface area is 151 Å². The second kappa shape index (κ2) is 9.09. The van der Waals surface area contributed by atoms with Gasteiger partial charge in [-0.05, 0) is 42.4 Å². The smallest absolute Gasteiger partial charge is 0.193 e. The van der Waals surface area contributed by atoms with Gasteiger partial charge in [-0.15, -0.1) is 0 Å². The van der Waals surface area contributed by atoms with E-state index in [0.29, 0.717) is 0 Å². The molecule has 1 aromatic carbocycles. The van der Waals surface area contributed by atoms with E-state index in [9.17, 15) is 0 Å². The highest BCUT2D eigenvalue weighted by Gasteiger charge is 2.35. The van der Waals surface area contributed by atoms with E-state index in [4.69, 9.17) is 4.74 Å². The quantitative estimate of drug-likeness (QED) is 0.473. The normalized spacial score (nSPS) is 23.4. The average molecular weight is 345 g/mol. The molecule has 0 radical (unpaired) electrons. The maximum Gasteiger partial charge on any atom is 0.193 e. The van der Waals surface area contributed by atoms with E-state index >= 15 is 0 Å². The SMILES string of the molecule is CN=C(NCc1ccc(NCCOC)cc1)N1CC2CCCCC2C1. The number of nitrogens with zero attached hydrogens (tertiary/aromatic N) is 2. The minimum atomic E-state index is 0.720. The van der Waals surface area contributed by atoms with Crippen LogP contribution in [0.15, 0.2) is 29.3 Å². The van der Waals surface area contributed by atoms with Crippen molar-refractivity contribution in [2.45, 2.75) is 32.2 Å². The van der Waals surface area contributed by atoms with Gasteiger partial charge in [0.2, 0.25) is 0 Å². The van der Waals surface area contributed by atoms with Crippen molar-refractivity contribution in [2.24, 2.45) is 16.8 Å². The van der Waals surface area contributed by atoms with Crippen LogP contribution in [0, 0.1) is 11.8 Å². The predicted molar refractivity (Wildman–Crippen MR) is 104 cm³/mol. The molecule has 5 heteroatoms. The topological polar surface area (TPSA) is 48.9 Å². The number of likely N-dealkylation sites (tertiary alicyclic amines) is 1. The molecule has 1 heterocycles. The molecule has 1 aromatic rings. The molecule has 2 atom stereocenters. The summed E-state index contributed by atoms with van der Waals surface area (Å²) in [5, 5.41) is 6.89. The van der Waals surface area contributed by atoms with Crippen molar-refractivity contribution >= 4 is 11.6 Å². The van der Waals surface area contributed by atoms with Gasteiger partial charge in [0.25, 0.3) is 0 Å². The first-order chi connectivity index (χ1) is 12.3. The fraction of sp³-hybridized carbons (Fsp3) is 0.650. The van der Waals surface area contributed by atoms with Gasteiger partial charge in [-0.1, -0.05) is 25.0 Å². The molecular formula is C20H32N4O. The second-order valence-corrected chi connectivity index (χ2v) is 7.23. The highest BCUT2D eigenvalue weighted by atomic mass is 16.5. The number of hydrogen-bond acceptors (Lipinski definition) is 3. The molecule has 0 spiro atoms. The number of nitrogens with one attached hydrogen (secondary N) is 2. The Morgan fingerprint density at radius 3 is 2.44 bits per heavy atom. The fourth-order valence-electron chi connectivity index (χ4n) is 4.13. The molecule has 2 N–H and O–H groups in total. The van der Waals surface area contributed by atoms with Crippen molar-refractivity contribution in [2.75, 3.05) is 45.7 Å². The Hall–Kier alpha value is -1.75. The summed E-state index contributed by atoms with van der Waals surface area (Å²) in [6, 6.07) is 8.58. The lowest BCUT2D eigenvalue weighted by atomic mass is 9.82. The zero-order valence-electron chi connectivity index (χ0n) is 15.6. The summed E-state index contributed by atoms with van der Waals surface area (Å²) in [4.78, 5) is 6.98. The van der Waals surface area contributed by atoms with E-state index in [-0.39, 0.29) is 0 Å². The third-order valence-corrected chi connectivity index (χ3v) is 5.53. The predicted octanol–water partition coefficient (Wildman–Crippen LogP) is 2.94. The number of guanidine groups is 1. The van der Waals surface area contributed by atoms with E-state index in [1.807, 2.05) is 7.05 Å². The van der Waals surface area contributed by atoms with Gasteiger partial charge in [-0.25, -0.2) is 0 Å². The molecule has 0 aromatic heterocycles. The van der Waals surface area contributed by atoms with Crippen molar-refractivity contribution in [3.63, 3.8) is 0 Å². The van der Waals surface area contributed by atoms with Crippen molar-refractivity contribution < 1.29 is 4.74 Å². The monoisotopic (exact) mass is 344 g/mol. The van der Waals surface area contributed by atoms with Crippen LogP contribution in [0.25, 0.3) is 0 Å². The van der Waals surface area contributed by atoms with Crippen LogP contribution in [-0.4, -0.2) is 51.3 Å². The number of benzene rings is 1. The Balaban J connectivity index is 1.48. The summed E-state index contributed by atoms with van der Waals surface area (Å²) in [5.41, 5.74) is 2.41. The first-order valence-electron chi connectivity index (χ1n) is 9.57. The van der Waals surface area contributed by atoms with E-state index in [2.05, 4.69) is 44.8 Å². The first kappa shape index (κ1) is 18.1. The van der Waals surface area contributed by atoms with Crippen LogP contribution in [0.2, 0.25) is 0 Å². The van der Waals surface area contributed by atoms with Gasteiger partial charge in [0.05, 0.1) is 6.61 Å². The van der Waals surface area contributed by atoms with Gasteiger partial charge in [-0.3, -0.25) is 4.99 Å². The highest BCUT2D eigenvalue weighted by molar-refractivity contribution is 5.80. The summed E-state index contributed by atoms with van der Waals surface area (Å²) in [6.45, 7) is 4.71. The van der Waals surface area contributed by atoms with Crippen molar-refractivity contribution in [1.82, 2.24) is 10.2 Å². The van der Waals surface area contributed by atoms with E-state index in [0.717, 1.165) is 43.2 Å². The van der Waals surface area contributed by atoms with Crippen molar-refractivity contribution in [3.8, 4) is 0 Å². The third-order valence-electron chi connectivity index (χ3n) is 5.53. The Kier molecular flexibility index (Phi) is 6.56. The Bertz CT molecular complexity index is 543. The van der Waals surface area contributed by atoms with Gasteiger partial charge in [0, 0.05) is 46.0 Å². The number of hydrogen-bond donors (Lipinski definition) is 2. The molecule has 1 saturated carbocycles. The zero-order valence-corrected chi connectivity index (χ0v) is 15.6. The zero-order chi connectivity index (χ0) is 17.5. The van der Waals surface area contributed by atoms with Crippen LogP contribution < -0.4 is 10.6 Å². The molecule has 2 aliphatic rings. The molecule has 5 nitrogen and oxygen atoms in total. The van der Waals surface area contributed by atoms with Gasteiger partial charge < -0.3 is 20.3 Å². The highest BCUT2D eigenvalue weighted by Crippen LogP contribution is 2.35. The largest absolute Gasteiger partial charge is 0.383 e. The molecule has 2 unspecified atom stereocenters. The maximum absolute atomic E-state index is 5.06. The van der Waals surface area contributed by atoms with Crippen molar-refractivity contribution in [1.29, 1.82) is 0 Å². The van der Waals surface area contributed by atoms with Crippen LogP contribution in [0.3, 0.4) is 0 Å². The standard InChI is InChI=1S/C20H32N4O/c1-21-20(24-14-17-5-3-4-6-18(17)15-24)23-13-16-7-9-19(10-8-16)22-11-12-25-2/h7-10,17-18,22H,3-6,11-15H2,1-2H3,(H,21,23). The van der Waals surface area contributed by atoms with Gasteiger partial charge in [0.1, 0.15) is 0 Å². The molecule has 1 aliphatic heterocycles. The number of methoxy groups -OCH3 is 1. The summed E-state index contributed by atoms with van der Waals surface area (Å²) >= 11 is 0. The van der Waals surface area contributed by atoms with E-state index in [1.54, 1.807) is 7.11 Å². The lowest BCUT2D eigenvalue weighted by Crippen LogP contribution is -2.39. The van der Waals surface area contributed by atoms with E-state index < -0.39 is 0 Å². The fourth-order valence-corrected chi connectivity index (χ4v) is 4.13. The Morgan fingerprint density at radius 2 is 1.84 bits per heavy atom. The Morgan fingerprint density at radius 1 is 1.16 bits per heavy atom. The lowest BCUT2D eigenvalue weighted by Gasteiger charge is -2.22. The van der Waals surface area contributed by atoms with Crippen LogP contribution in [0.4, 0.5) is 5.69 Å². The van der Waals surface area contributed by atoms with E-state index in [1.165, 1.54) is 44.3 Å². The summed E-state index contributed by atoms with van der Waals surface area (Å²) < 4.78 is 5.06. The van der Waals surface area contributed by atoms with Crippen LogP contribution in [0.5, 0.6) is 0 Å². The molecule has 1 saturated heterocycles. The average Bonchev–Trinajstić information content (AvgIpc) is 3.07. The third kappa shape index (κ3) is 4.88. The molecule has 1 aliphatic carbocycles.